The highest BCUT2D eigenvalue weighted by Gasteiger charge is 2.13. The Labute approximate surface area is 131 Å². The second-order valence-corrected chi connectivity index (χ2v) is 4.68. The molecule has 1 amide bonds. The van der Waals surface area contributed by atoms with Crippen molar-refractivity contribution in [2.75, 3.05) is 13.7 Å². The molecule has 2 N–H and O–H groups in total. The molecular weight excluding hydrogens is 300 g/mol. The van der Waals surface area contributed by atoms with E-state index in [1.807, 2.05) is 24.3 Å². The highest BCUT2D eigenvalue weighted by Crippen LogP contribution is 2.33. The van der Waals surface area contributed by atoms with Crippen LogP contribution >= 0.6 is 0 Å². The van der Waals surface area contributed by atoms with E-state index in [-0.39, 0.29) is 6.61 Å². The number of carbonyl (C=O) groups is 1. The van der Waals surface area contributed by atoms with Crippen molar-refractivity contribution < 1.29 is 23.9 Å². The van der Waals surface area contributed by atoms with E-state index in [2.05, 4.69) is 4.98 Å². The third-order valence-corrected chi connectivity index (χ3v) is 3.19. The Balaban J connectivity index is 1.90. The van der Waals surface area contributed by atoms with Crippen molar-refractivity contribution in [2.45, 2.75) is 0 Å². The molecule has 7 nitrogen and oxygen atoms in total. The third-order valence-electron chi connectivity index (χ3n) is 3.19. The fourth-order valence-corrected chi connectivity index (χ4v) is 2.09. The van der Waals surface area contributed by atoms with Gasteiger partial charge in [0.2, 0.25) is 5.89 Å². The Morgan fingerprint density at radius 1 is 1.26 bits per heavy atom. The van der Waals surface area contributed by atoms with E-state index in [0.717, 1.165) is 11.1 Å². The summed E-state index contributed by atoms with van der Waals surface area (Å²) in [6.07, 6.45) is 0. The van der Waals surface area contributed by atoms with Gasteiger partial charge in [-0.25, -0.2) is 10.5 Å². The number of amides is 1. The van der Waals surface area contributed by atoms with E-state index in [1.54, 1.807) is 18.2 Å². The number of nitrogens with zero attached hydrogens (tertiary/aromatic N) is 1. The maximum Gasteiger partial charge on any atom is 0.281 e. The summed E-state index contributed by atoms with van der Waals surface area (Å²) in [6, 6.07) is 12.6. The van der Waals surface area contributed by atoms with E-state index in [1.165, 1.54) is 12.6 Å². The number of para-hydroxylation sites is 2. The van der Waals surface area contributed by atoms with E-state index in [4.69, 9.17) is 19.1 Å². The Morgan fingerprint density at radius 2 is 2.09 bits per heavy atom. The van der Waals surface area contributed by atoms with Crippen molar-refractivity contribution in [3.05, 3.63) is 42.5 Å². The molecule has 2 aromatic carbocycles. The van der Waals surface area contributed by atoms with Gasteiger partial charge in [-0.2, -0.15) is 0 Å². The Hall–Kier alpha value is -3.06. The lowest BCUT2D eigenvalue weighted by Crippen LogP contribution is -2.25. The molecule has 0 radical (unpaired) electrons. The molecule has 0 saturated heterocycles. The van der Waals surface area contributed by atoms with Gasteiger partial charge in [-0.1, -0.05) is 12.1 Å². The summed E-state index contributed by atoms with van der Waals surface area (Å²) in [7, 11) is 1.49. The van der Waals surface area contributed by atoms with E-state index < -0.39 is 5.91 Å². The molecule has 7 heteroatoms. The molecule has 0 aliphatic rings. The van der Waals surface area contributed by atoms with Crippen LogP contribution in [-0.4, -0.2) is 29.8 Å². The van der Waals surface area contributed by atoms with Crippen molar-refractivity contribution in [1.82, 2.24) is 10.5 Å². The average molecular weight is 314 g/mol. The summed E-state index contributed by atoms with van der Waals surface area (Å²) in [6.45, 7) is -0.324. The largest absolute Gasteiger partial charge is 0.493 e. The van der Waals surface area contributed by atoms with Crippen molar-refractivity contribution in [1.29, 1.82) is 0 Å². The monoisotopic (exact) mass is 314 g/mol. The molecule has 1 aromatic heterocycles. The number of hydroxylamine groups is 1. The Kier molecular flexibility index (Phi) is 4.11. The molecule has 23 heavy (non-hydrogen) atoms. The number of benzene rings is 2. The number of nitrogens with one attached hydrogen (secondary N) is 1. The highest BCUT2D eigenvalue weighted by molar-refractivity contribution is 5.77. The van der Waals surface area contributed by atoms with Gasteiger partial charge in [0.05, 0.1) is 7.11 Å². The zero-order chi connectivity index (χ0) is 16.2. The fourth-order valence-electron chi connectivity index (χ4n) is 2.09. The van der Waals surface area contributed by atoms with Gasteiger partial charge < -0.3 is 13.9 Å². The zero-order valence-electron chi connectivity index (χ0n) is 12.3. The topological polar surface area (TPSA) is 93.8 Å². The van der Waals surface area contributed by atoms with Gasteiger partial charge in [-0.3, -0.25) is 10.0 Å². The zero-order valence-corrected chi connectivity index (χ0v) is 12.3. The summed E-state index contributed by atoms with van der Waals surface area (Å²) in [4.78, 5) is 15.4. The van der Waals surface area contributed by atoms with Gasteiger partial charge in [-0.15, -0.1) is 0 Å². The van der Waals surface area contributed by atoms with Crippen LogP contribution in [0.3, 0.4) is 0 Å². The fraction of sp³-hybridized carbons (Fsp3) is 0.125. The first-order valence-electron chi connectivity index (χ1n) is 6.81. The summed E-state index contributed by atoms with van der Waals surface area (Å²) >= 11 is 0. The molecule has 118 valence electrons. The van der Waals surface area contributed by atoms with Gasteiger partial charge in [0, 0.05) is 5.56 Å². The number of methoxy groups -OCH3 is 1. The second kappa shape index (κ2) is 6.37. The molecule has 0 atom stereocenters. The standard InChI is InChI=1S/C16H14N2O5/c1-21-14-8-10(6-7-13(14)22-9-15(19)18-20)16-17-11-4-2-3-5-12(11)23-16/h2-8,20H,9H2,1H3,(H,18,19). The highest BCUT2D eigenvalue weighted by atomic mass is 16.5. The van der Waals surface area contributed by atoms with Crippen LogP contribution in [0.5, 0.6) is 11.5 Å². The summed E-state index contributed by atoms with van der Waals surface area (Å²) in [5.74, 6) is 0.602. The van der Waals surface area contributed by atoms with Crippen molar-refractivity contribution >= 4 is 17.0 Å². The van der Waals surface area contributed by atoms with Crippen molar-refractivity contribution in [3.8, 4) is 23.0 Å². The van der Waals surface area contributed by atoms with E-state index >= 15 is 0 Å². The molecule has 0 unspecified atom stereocenters. The van der Waals surface area contributed by atoms with Gasteiger partial charge in [-0.05, 0) is 30.3 Å². The maximum absolute atomic E-state index is 11.0. The van der Waals surface area contributed by atoms with Crippen LogP contribution in [0.2, 0.25) is 0 Å². The van der Waals surface area contributed by atoms with Crippen LogP contribution < -0.4 is 15.0 Å². The molecule has 1 heterocycles. The smallest absolute Gasteiger partial charge is 0.281 e. The number of ether oxygens (including phenoxy) is 2. The summed E-state index contributed by atoms with van der Waals surface area (Å²) < 4.78 is 16.2. The Morgan fingerprint density at radius 3 is 2.83 bits per heavy atom. The lowest BCUT2D eigenvalue weighted by atomic mass is 10.2. The Bertz CT molecular complexity index is 810. The van der Waals surface area contributed by atoms with Gasteiger partial charge in [0.25, 0.3) is 5.91 Å². The minimum Gasteiger partial charge on any atom is -0.493 e. The van der Waals surface area contributed by atoms with Crippen LogP contribution in [0.15, 0.2) is 46.9 Å². The molecule has 3 aromatic rings. The van der Waals surface area contributed by atoms with Gasteiger partial charge in [0.1, 0.15) is 5.52 Å². The van der Waals surface area contributed by atoms with Crippen LogP contribution in [0, 0.1) is 0 Å². The van der Waals surface area contributed by atoms with E-state index in [9.17, 15) is 4.79 Å². The average Bonchev–Trinajstić information content (AvgIpc) is 3.03. The number of hydrogen-bond donors (Lipinski definition) is 2. The third kappa shape index (κ3) is 3.09. The van der Waals surface area contributed by atoms with Gasteiger partial charge in [0.15, 0.2) is 23.7 Å². The SMILES string of the molecule is COc1cc(-c2nc3ccccc3o2)ccc1OCC(=O)NO. The molecule has 0 spiro atoms. The normalized spacial score (nSPS) is 10.5. The maximum atomic E-state index is 11.0. The van der Waals surface area contributed by atoms with Crippen LogP contribution in [0.1, 0.15) is 0 Å². The minimum atomic E-state index is -0.657. The first-order chi connectivity index (χ1) is 11.2. The molecule has 0 aliphatic heterocycles. The molecule has 0 saturated carbocycles. The molecular formula is C16H14N2O5. The number of oxazole rings is 1. The number of carbonyl (C=O) groups excluding carboxylic acids is 1. The first kappa shape index (κ1) is 14.9. The number of hydrogen-bond acceptors (Lipinski definition) is 6. The van der Waals surface area contributed by atoms with Crippen molar-refractivity contribution in [2.24, 2.45) is 0 Å². The number of aromatic nitrogens is 1. The predicted octanol–water partition coefficient (Wildman–Crippen LogP) is 2.39. The second-order valence-electron chi connectivity index (χ2n) is 4.68. The van der Waals surface area contributed by atoms with Crippen LogP contribution in [0.25, 0.3) is 22.6 Å². The molecule has 0 fully saturated rings. The first-order valence-corrected chi connectivity index (χ1v) is 6.81. The number of fused-ring (bicyclic) bond motifs is 1. The molecule has 0 bridgehead atoms. The lowest BCUT2D eigenvalue weighted by Gasteiger charge is -2.10. The molecule has 0 aliphatic carbocycles. The predicted molar refractivity (Wildman–Crippen MR) is 81.4 cm³/mol. The van der Waals surface area contributed by atoms with Crippen molar-refractivity contribution in [3.63, 3.8) is 0 Å². The number of rotatable bonds is 5. The van der Waals surface area contributed by atoms with E-state index in [0.29, 0.717) is 23.0 Å². The lowest BCUT2D eigenvalue weighted by molar-refractivity contribution is -0.131. The van der Waals surface area contributed by atoms with Crippen LogP contribution in [0.4, 0.5) is 0 Å². The minimum absolute atomic E-state index is 0.324. The summed E-state index contributed by atoms with van der Waals surface area (Å²) in [5.41, 5.74) is 3.68. The van der Waals surface area contributed by atoms with Gasteiger partial charge >= 0.3 is 0 Å². The van der Waals surface area contributed by atoms with Crippen LogP contribution in [-0.2, 0) is 4.79 Å². The molecule has 3 rings (SSSR count). The quantitative estimate of drug-likeness (QED) is 0.555. The summed E-state index contributed by atoms with van der Waals surface area (Å²) in [5, 5.41) is 8.47.